The number of hydrogen-bond acceptors (Lipinski definition) is 3. The Hall–Kier alpha value is -2.28. The molecule has 0 fully saturated rings. The number of amides is 1. The number of carbonyl (C=O) groups is 2. The van der Waals surface area contributed by atoms with Crippen LogP contribution < -0.4 is 4.90 Å². The molecule has 0 bridgehead atoms. The van der Waals surface area contributed by atoms with Gasteiger partial charge in [-0.25, -0.2) is 0 Å². The summed E-state index contributed by atoms with van der Waals surface area (Å²) in [5.41, 5.74) is 1.67. The average Bonchev–Trinajstić information content (AvgIpc) is 2.91. The second-order valence-electron chi connectivity index (χ2n) is 7.51. The van der Waals surface area contributed by atoms with Crippen molar-refractivity contribution in [1.29, 1.82) is 0 Å². The van der Waals surface area contributed by atoms with Crippen LogP contribution in [0.3, 0.4) is 0 Å². The molecule has 0 saturated carbocycles. The van der Waals surface area contributed by atoms with Crippen LogP contribution in [0.15, 0.2) is 75.7 Å². The summed E-state index contributed by atoms with van der Waals surface area (Å²) in [4.78, 5) is 27.9. The van der Waals surface area contributed by atoms with Gasteiger partial charge in [0.15, 0.2) is 11.4 Å². The van der Waals surface area contributed by atoms with Crippen LogP contribution in [-0.2, 0) is 16.9 Å². The molecule has 4 rings (SSSR count). The zero-order valence-electron chi connectivity index (χ0n) is 16.2. The predicted octanol–water partition coefficient (Wildman–Crippen LogP) is 5.53. The number of aliphatic hydroxyl groups is 1. The number of rotatable bonds is 5. The van der Waals surface area contributed by atoms with Crippen molar-refractivity contribution in [2.24, 2.45) is 0 Å². The molecular formula is C24H19Br2NO3. The summed E-state index contributed by atoms with van der Waals surface area (Å²) in [6, 6.07) is 20.2. The van der Waals surface area contributed by atoms with E-state index >= 15 is 0 Å². The van der Waals surface area contributed by atoms with E-state index in [9.17, 15) is 14.7 Å². The summed E-state index contributed by atoms with van der Waals surface area (Å²) in [6.07, 6.45) is -0.323. The van der Waals surface area contributed by atoms with Crippen LogP contribution >= 0.6 is 31.9 Å². The van der Waals surface area contributed by atoms with E-state index in [0.717, 1.165) is 20.1 Å². The molecule has 1 N–H and O–H groups in total. The van der Waals surface area contributed by atoms with Gasteiger partial charge in [0, 0.05) is 20.1 Å². The first-order valence-corrected chi connectivity index (χ1v) is 11.1. The number of hydrogen-bond donors (Lipinski definition) is 1. The maximum absolute atomic E-state index is 13.4. The second kappa shape index (κ2) is 8.10. The fraction of sp³-hybridized carbons (Fsp3) is 0.167. The average molecular weight is 529 g/mol. The molecule has 1 aliphatic heterocycles. The molecule has 3 aromatic carbocycles. The van der Waals surface area contributed by atoms with Gasteiger partial charge in [-0.3, -0.25) is 9.59 Å². The Morgan fingerprint density at radius 1 is 1.00 bits per heavy atom. The van der Waals surface area contributed by atoms with Gasteiger partial charge in [0.2, 0.25) is 0 Å². The van der Waals surface area contributed by atoms with Crippen molar-refractivity contribution >= 4 is 49.2 Å². The summed E-state index contributed by atoms with van der Waals surface area (Å²) in [5.74, 6) is -0.783. The minimum absolute atomic E-state index is 0.296. The highest BCUT2D eigenvalue weighted by Gasteiger charge is 2.51. The maximum Gasteiger partial charge on any atom is 0.264 e. The van der Waals surface area contributed by atoms with Crippen molar-refractivity contribution in [3.05, 3.63) is 97.9 Å². The van der Waals surface area contributed by atoms with Crippen LogP contribution in [0, 0.1) is 6.92 Å². The van der Waals surface area contributed by atoms with Crippen molar-refractivity contribution in [3.63, 3.8) is 0 Å². The first kappa shape index (κ1) is 21.0. The highest BCUT2D eigenvalue weighted by atomic mass is 79.9. The molecule has 0 saturated heterocycles. The third kappa shape index (κ3) is 3.87. The molecule has 152 valence electrons. The number of aryl methyl sites for hydroxylation is 1. The third-order valence-electron chi connectivity index (χ3n) is 5.32. The van der Waals surface area contributed by atoms with E-state index in [1.54, 1.807) is 35.2 Å². The topological polar surface area (TPSA) is 57.6 Å². The quantitative estimate of drug-likeness (QED) is 0.443. The number of ketones is 1. The van der Waals surface area contributed by atoms with Crippen LogP contribution in [0.4, 0.5) is 5.69 Å². The van der Waals surface area contributed by atoms with E-state index in [4.69, 9.17) is 0 Å². The molecule has 6 heteroatoms. The molecule has 0 aromatic heterocycles. The van der Waals surface area contributed by atoms with E-state index in [-0.39, 0.29) is 12.2 Å². The maximum atomic E-state index is 13.4. The molecule has 1 unspecified atom stereocenters. The number of carbonyl (C=O) groups excluding carboxylic acids is 2. The van der Waals surface area contributed by atoms with E-state index < -0.39 is 11.5 Å². The number of Topliss-reactive ketones (excluding diaryl/α,β-unsaturated/α-hetero) is 1. The van der Waals surface area contributed by atoms with Gasteiger partial charge in [0.25, 0.3) is 5.91 Å². The molecule has 4 nitrogen and oxygen atoms in total. The Bertz CT molecular complexity index is 1140. The van der Waals surface area contributed by atoms with Crippen molar-refractivity contribution < 1.29 is 14.7 Å². The monoisotopic (exact) mass is 527 g/mol. The lowest BCUT2D eigenvalue weighted by atomic mass is 9.88. The fourth-order valence-corrected chi connectivity index (χ4v) is 4.48. The zero-order valence-corrected chi connectivity index (χ0v) is 19.4. The predicted molar refractivity (Wildman–Crippen MR) is 123 cm³/mol. The summed E-state index contributed by atoms with van der Waals surface area (Å²) in [7, 11) is 0. The number of benzene rings is 3. The van der Waals surface area contributed by atoms with Gasteiger partial charge in [-0.15, -0.1) is 0 Å². The van der Waals surface area contributed by atoms with Crippen LogP contribution in [0.5, 0.6) is 0 Å². The van der Waals surface area contributed by atoms with Gasteiger partial charge in [-0.05, 0) is 42.8 Å². The second-order valence-corrected chi connectivity index (χ2v) is 9.34. The van der Waals surface area contributed by atoms with Crippen LogP contribution in [0.2, 0.25) is 0 Å². The van der Waals surface area contributed by atoms with Crippen LogP contribution in [-0.4, -0.2) is 16.8 Å². The van der Waals surface area contributed by atoms with Crippen LogP contribution in [0.1, 0.15) is 33.5 Å². The lowest BCUT2D eigenvalue weighted by Gasteiger charge is -2.23. The number of fused-ring (bicyclic) bond motifs is 1. The van der Waals surface area contributed by atoms with Crippen molar-refractivity contribution in [2.75, 3.05) is 4.90 Å². The highest BCUT2D eigenvalue weighted by Crippen LogP contribution is 2.44. The molecule has 1 aliphatic rings. The molecule has 0 spiro atoms. The SMILES string of the molecule is Cc1ccc(CN2C(=O)C(O)(CC(=O)c3cccc(Br)c3)c3cc(Br)ccc32)cc1. The Balaban J connectivity index is 1.71. The van der Waals surface area contributed by atoms with Gasteiger partial charge in [0.1, 0.15) is 0 Å². The minimum Gasteiger partial charge on any atom is -0.375 e. The first-order valence-electron chi connectivity index (χ1n) is 9.46. The van der Waals surface area contributed by atoms with Gasteiger partial charge in [0.05, 0.1) is 18.7 Å². The number of anilines is 1. The third-order valence-corrected chi connectivity index (χ3v) is 6.30. The van der Waals surface area contributed by atoms with Crippen LogP contribution in [0.25, 0.3) is 0 Å². The largest absolute Gasteiger partial charge is 0.375 e. The Labute approximate surface area is 191 Å². The van der Waals surface area contributed by atoms with E-state index in [2.05, 4.69) is 31.9 Å². The Morgan fingerprint density at radius 3 is 2.40 bits per heavy atom. The first-order chi connectivity index (χ1) is 14.3. The summed E-state index contributed by atoms with van der Waals surface area (Å²) in [6.45, 7) is 2.32. The molecule has 3 aromatic rings. The van der Waals surface area contributed by atoms with Crippen molar-refractivity contribution in [2.45, 2.75) is 25.5 Å². The van der Waals surface area contributed by atoms with E-state index in [1.165, 1.54) is 0 Å². The van der Waals surface area contributed by atoms with Crippen molar-refractivity contribution in [3.8, 4) is 0 Å². The molecule has 1 amide bonds. The minimum atomic E-state index is -1.91. The van der Waals surface area contributed by atoms with Gasteiger partial charge < -0.3 is 10.0 Å². The smallest absolute Gasteiger partial charge is 0.264 e. The summed E-state index contributed by atoms with van der Waals surface area (Å²) < 4.78 is 1.50. The molecule has 1 atom stereocenters. The lowest BCUT2D eigenvalue weighted by Crippen LogP contribution is -2.41. The molecular weight excluding hydrogens is 510 g/mol. The normalized spacial score (nSPS) is 17.9. The number of nitrogens with zero attached hydrogens (tertiary/aromatic N) is 1. The lowest BCUT2D eigenvalue weighted by molar-refractivity contribution is -0.136. The zero-order chi connectivity index (χ0) is 21.5. The van der Waals surface area contributed by atoms with Gasteiger partial charge in [-0.2, -0.15) is 0 Å². The highest BCUT2D eigenvalue weighted by molar-refractivity contribution is 9.10. The van der Waals surface area contributed by atoms with E-state index in [0.29, 0.717) is 23.4 Å². The molecule has 0 aliphatic carbocycles. The molecule has 30 heavy (non-hydrogen) atoms. The fourth-order valence-electron chi connectivity index (χ4n) is 3.72. The summed E-state index contributed by atoms with van der Waals surface area (Å²) in [5, 5.41) is 11.5. The number of halogens is 2. The molecule has 0 radical (unpaired) electrons. The molecule has 1 heterocycles. The van der Waals surface area contributed by atoms with Gasteiger partial charge >= 0.3 is 0 Å². The Kier molecular flexibility index (Phi) is 5.66. The Morgan fingerprint density at radius 2 is 1.70 bits per heavy atom. The van der Waals surface area contributed by atoms with Gasteiger partial charge in [-0.1, -0.05) is 73.8 Å². The summed E-state index contributed by atoms with van der Waals surface area (Å²) >= 11 is 6.78. The van der Waals surface area contributed by atoms with E-state index in [1.807, 2.05) is 43.3 Å². The van der Waals surface area contributed by atoms with Crippen molar-refractivity contribution in [1.82, 2.24) is 0 Å². The standard InChI is InChI=1S/C24H19Br2NO3/c1-15-5-7-16(8-6-15)14-27-21-10-9-19(26)12-20(21)24(30,23(27)29)13-22(28)17-3-2-4-18(25)11-17/h2-12,30H,13-14H2,1H3.